The van der Waals surface area contributed by atoms with Crippen molar-refractivity contribution < 1.29 is 0 Å². The van der Waals surface area contributed by atoms with Crippen LogP contribution in [-0.4, -0.2) is 11.1 Å². The molecule has 1 aromatic heterocycles. The van der Waals surface area contributed by atoms with Gasteiger partial charge in [0.2, 0.25) is 0 Å². The Balaban J connectivity index is 1.70. The molecule has 1 aliphatic rings. The van der Waals surface area contributed by atoms with Crippen LogP contribution < -0.4 is 5.32 Å². The zero-order valence-electron chi connectivity index (χ0n) is 12.0. The Hall–Kier alpha value is -0.760. The molecule has 0 aromatic carbocycles. The van der Waals surface area contributed by atoms with E-state index < -0.39 is 0 Å². The van der Waals surface area contributed by atoms with Crippen LogP contribution in [-0.2, 0) is 13.1 Å². The van der Waals surface area contributed by atoms with E-state index in [-0.39, 0.29) is 0 Å². The third kappa shape index (κ3) is 3.88. The number of nitrogens with zero attached hydrogens (tertiary/aromatic N) is 1. The fourth-order valence-electron chi connectivity index (χ4n) is 3.01. The van der Waals surface area contributed by atoms with Crippen molar-refractivity contribution in [3.05, 3.63) is 24.0 Å². The molecule has 1 aromatic rings. The molecular weight excluding hydrogens is 220 g/mol. The average Bonchev–Trinajstić information content (AvgIpc) is 2.80. The minimum Gasteiger partial charge on any atom is -0.350 e. The molecule has 102 valence electrons. The van der Waals surface area contributed by atoms with Gasteiger partial charge < -0.3 is 9.88 Å². The maximum absolute atomic E-state index is 3.65. The second-order valence-electron chi connectivity index (χ2n) is 5.95. The number of aromatic nitrogens is 1. The molecule has 18 heavy (non-hydrogen) atoms. The van der Waals surface area contributed by atoms with Gasteiger partial charge in [0.15, 0.2) is 0 Å². The molecule has 2 heteroatoms. The van der Waals surface area contributed by atoms with E-state index in [1.54, 1.807) is 0 Å². The predicted molar refractivity (Wildman–Crippen MR) is 77.6 cm³/mol. The summed E-state index contributed by atoms with van der Waals surface area (Å²) in [4.78, 5) is 0. The van der Waals surface area contributed by atoms with E-state index in [1.165, 1.54) is 44.3 Å². The van der Waals surface area contributed by atoms with Crippen LogP contribution in [0.4, 0.5) is 0 Å². The molecule has 0 radical (unpaired) electrons. The van der Waals surface area contributed by atoms with Crippen molar-refractivity contribution in [2.45, 2.75) is 59.0 Å². The number of rotatable bonds is 6. The molecule has 0 saturated heterocycles. The first-order valence-electron chi connectivity index (χ1n) is 7.64. The Morgan fingerprint density at radius 1 is 1.28 bits per heavy atom. The highest BCUT2D eigenvalue weighted by Gasteiger charge is 2.17. The molecule has 0 amide bonds. The van der Waals surface area contributed by atoms with Gasteiger partial charge in [0.1, 0.15) is 0 Å². The van der Waals surface area contributed by atoms with E-state index in [0.717, 1.165) is 24.9 Å². The molecule has 2 nitrogen and oxygen atoms in total. The van der Waals surface area contributed by atoms with Crippen LogP contribution in [0.5, 0.6) is 0 Å². The lowest BCUT2D eigenvalue weighted by molar-refractivity contribution is 0.281. The Kier molecular flexibility index (Phi) is 5.30. The summed E-state index contributed by atoms with van der Waals surface area (Å²) in [5.74, 6) is 1.87. The fraction of sp³-hybridized carbons (Fsp3) is 0.750. The second kappa shape index (κ2) is 6.98. The summed E-state index contributed by atoms with van der Waals surface area (Å²) in [6.45, 7) is 8.00. The van der Waals surface area contributed by atoms with E-state index in [1.807, 2.05) is 0 Å². The highest BCUT2D eigenvalue weighted by Crippen LogP contribution is 2.27. The quantitative estimate of drug-likeness (QED) is 0.810. The monoisotopic (exact) mass is 248 g/mol. The van der Waals surface area contributed by atoms with Gasteiger partial charge in [-0.2, -0.15) is 0 Å². The number of nitrogens with one attached hydrogen (secondary N) is 1. The van der Waals surface area contributed by atoms with Crippen molar-refractivity contribution in [1.29, 1.82) is 0 Å². The zero-order valence-corrected chi connectivity index (χ0v) is 12.0. The Labute approximate surface area is 112 Å². The maximum Gasteiger partial charge on any atom is 0.0359 e. The summed E-state index contributed by atoms with van der Waals surface area (Å²) in [6, 6.07) is 4.40. The summed E-state index contributed by atoms with van der Waals surface area (Å²) >= 11 is 0. The van der Waals surface area contributed by atoms with E-state index in [9.17, 15) is 0 Å². The van der Waals surface area contributed by atoms with Crippen LogP contribution in [0.3, 0.4) is 0 Å². The average molecular weight is 248 g/mol. The summed E-state index contributed by atoms with van der Waals surface area (Å²) in [5, 5.41) is 3.65. The van der Waals surface area contributed by atoms with Gasteiger partial charge in [-0.15, -0.1) is 0 Å². The largest absolute Gasteiger partial charge is 0.350 e. The van der Waals surface area contributed by atoms with Gasteiger partial charge in [-0.25, -0.2) is 0 Å². The second-order valence-corrected chi connectivity index (χ2v) is 5.95. The van der Waals surface area contributed by atoms with Crippen LogP contribution in [0.1, 0.15) is 51.6 Å². The number of hydrogen-bond acceptors (Lipinski definition) is 1. The van der Waals surface area contributed by atoms with Crippen molar-refractivity contribution in [3.63, 3.8) is 0 Å². The molecule has 0 aliphatic heterocycles. The van der Waals surface area contributed by atoms with Crippen molar-refractivity contribution in [3.8, 4) is 0 Å². The first kappa shape index (κ1) is 13.7. The summed E-state index contributed by atoms with van der Waals surface area (Å²) in [6.07, 6.45) is 9.11. The fourth-order valence-corrected chi connectivity index (χ4v) is 3.01. The first-order chi connectivity index (χ1) is 8.79. The molecule has 1 fully saturated rings. The standard InChI is InChI=1S/C16H28N2/c1-3-10-18-11-4-5-16(18)13-17-12-15-8-6-14(2)7-9-15/h4-5,11,14-15,17H,3,6-10,12-13H2,1-2H3. The molecule has 0 atom stereocenters. The van der Waals surface area contributed by atoms with Crippen LogP contribution in [0.2, 0.25) is 0 Å². The van der Waals surface area contributed by atoms with Gasteiger partial charge in [0.25, 0.3) is 0 Å². The van der Waals surface area contributed by atoms with Crippen molar-refractivity contribution in [2.24, 2.45) is 11.8 Å². The molecular formula is C16H28N2. The van der Waals surface area contributed by atoms with Gasteiger partial charge in [-0.1, -0.05) is 26.7 Å². The Bertz CT molecular complexity index is 335. The van der Waals surface area contributed by atoms with Crippen LogP contribution in [0.15, 0.2) is 18.3 Å². The topological polar surface area (TPSA) is 17.0 Å². The third-order valence-corrected chi connectivity index (χ3v) is 4.26. The highest BCUT2D eigenvalue weighted by atomic mass is 15.0. The lowest BCUT2D eigenvalue weighted by Gasteiger charge is -2.26. The van der Waals surface area contributed by atoms with Crippen molar-refractivity contribution in [2.75, 3.05) is 6.54 Å². The zero-order chi connectivity index (χ0) is 12.8. The van der Waals surface area contributed by atoms with E-state index in [4.69, 9.17) is 0 Å². The highest BCUT2D eigenvalue weighted by molar-refractivity contribution is 5.06. The summed E-state index contributed by atoms with van der Waals surface area (Å²) in [5.41, 5.74) is 1.43. The van der Waals surface area contributed by atoms with Crippen LogP contribution in [0, 0.1) is 11.8 Å². The van der Waals surface area contributed by atoms with E-state index in [2.05, 4.69) is 42.1 Å². The molecule has 1 heterocycles. The number of aryl methyl sites for hydroxylation is 1. The third-order valence-electron chi connectivity index (χ3n) is 4.26. The van der Waals surface area contributed by atoms with Gasteiger partial charge in [0.05, 0.1) is 0 Å². The molecule has 0 unspecified atom stereocenters. The van der Waals surface area contributed by atoms with E-state index in [0.29, 0.717) is 0 Å². The van der Waals surface area contributed by atoms with Crippen molar-refractivity contribution >= 4 is 0 Å². The maximum atomic E-state index is 3.65. The summed E-state index contributed by atoms with van der Waals surface area (Å²) in [7, 11) is 0. The molecule has 0 spiro atoms. The molecule has 1 N–H and O–H groups in total. The first-order valence-corrected chi connectivity index (χ1v) is 7.64. The lowest BCUT2D eigenvalue weighted by atomic mass is 9.83. The van der Waals surface area contributed by atoms with E-state index >= 15 is 0 Å². The minimum absolute atomic E-state index is 0.913. The van der Waals surface area contributed by atoms with Gasteiger partial charge in [-0.05, 0) is 49.8 Å². The van der Waals surface area contributed by atoms with Crippen molar-refractivity contribution in [1.82, 2.24) is 9.88 Å². The minimum atomic E-state index is 0.913. The van der Waals surface area contributed by atoms with Crippen LogP contribution in [0.25, 0.3) is 0 Å². The Morgan fingerprint density at radius 2 is 2.06 bits per heavy atom. The smallest absolute Gasteiger partial charge is 0.0359 e. The molecule has 2 rings (SSSR count). The van der Waals surface area contributed by atoms with Gasteiger partial charge >= 0.3 is 0 Å². The number of hydrogen-bond donors (Lipinski definition) is 1. The van der Waals surface area contributed by atoms with Gasteiger partial charge in [-0.3, -0.25) is 0 Å². The predicted octanol–water partition coefficient (Wildman–Crippen LogP) is 3.81. The normalized spacial score (nSPS) is 24.3. The summed E-state index contributed by atoms with van der Waals surface area (Å²) < 4.78 is 2.37. The lowest BCUT2D eigenvalue weighted by Crippen LogP contribution is -2.26. The van der Waals surface area contributed by atoms with Gasteiger partial charge in [0, 0.05) is 25.0 Å². The molecule has 1 aliphatic carbocycles. The molecule has 1 saturated carbocycles. The SMILES string of the molecule is CCCn1cccc1CNCC1CCC(C)CC1. The molecule has 0 bridgehead atoms. The van der Waals surface area contributed by atoms with Crippen LogP contribution >= 0.6 is 0 Å². The Morgan fingerprint density at radius 3 is 2.78 bits per heavy atom.